The van der Waals surface area contributed by atoms with Crippen LogP contribution in [0.1, 0.15) is 18.2 Å². The van der Waals surface area contributed by atoms with Crippen LogP contribution in [0.25, 0.3) is 22.4 Å². The smallest absolute Gasteiger partial charge is 0.178 e. The van der Waals surface area contributed by atoms with Gasteiger partial charge >= 0.3 is 0 Å². The first kappa shape index (κ1) is 17.3. The number of aromatic amines is 1. The Kier molecular flexibility index (Phi) is 4.24. The molecule has 0 unspecified atom stereocenters. The number of anilines is 1. The van der Waals surface area contributed by atoms with E-state index >= 15 is 0 Å². The summed E-state index contributed by atoms with van der Waals surface area (Å²) in [6.07, 6.45) is 1.50. The molecule has 0 saturated heterocycles. The van der Waals surface area contributed by atoms with Gasteiger partial charge < -0.3 is 9.88 Å². The van der Waals surface area contributed by atoms with Gasteiger partial charge in [0.15, 0.2) is 9.84 Å². The largest absolute Gasteiger partial charge is 0.362 e. The number of sulfone groups is 1. The fourth-order valence-corrected chi connectivity index (χ4v) is 3.96. The first-order valence-electron chi connectivity index (χ1n) is 7.97. The van der Waals surface area contributed by atoms with Gasteiger partial charge in [0.1, 0.15) is 17.8 Å². The minimum Gasteiger partial charge on any atom is -0.362 e. The molecule has 0 radical (unpaired) electrons. The summed E-state index contributed by atoms with van der Waals surface area (Å²) >= 11 is 0. The predicted octanol–water partition coefficient (Wildman–Crippen LogP) is 2.50. The molecule has 0 bridgehead atoms. The molecule has 7 nitrogen and oxygen atoms in total. The van der Waals surface area contributed by atoms with Crippen molar-refractivity contribution in [2.45, 2.75) is 25.7 Å². The van der Waals surface area contributed by atoms with Crippen molar-refractivity contribution in [3.05, 3.63) is 29.7 Å². The predicted molar refractivity (Wildman–Crippen MR) is 98.6 cm³/mol. The van der Waals surface area contributed by atoms with E-state index < -0.39 is 9.84 Å². The lowest BCUT2D eigenvalue weighted by atomic mass is 10.2. The number of hydrogen-bond donors (Lipinski definition) is 1. The van der Waals surface area contributed by atoms with Gasteiger partial charge in [-0.3, -0.25) is 4.98 Å². The number of nitrogens with one attached hydrogen (secondary N) is 1. The Hall–Kier alpha value is -2.48. The van der Waals surface area contributed by atoms with Crippen molar-refractivity contribution in [3.63, 3.8) is 0 Å². The van der Waals surface area contributed by atoms with Crippen LogP contribution in [0.2, 0.25) is 0 Å². The van der Waals surface area contributed by atoms with Crippen molar-refractivity contribution in [1.29, 1.82) is 0 Å². The Balaban J connectivity index is 2.24. The van der Waals surface area contributed by atoms with Crippen LogP contribution < -0.4 is 4.90 Å². The average Bonchev–Trinajstić information content (AvgIpc) is 3.00. The van der Waals surface area contributed by atoms with E-state index in [9.17, 15) is 8.42 Å². The zero-order chi connectivity index (χ0) is 18.4. The lowest BCUT2D eigenvalue weighted by Gasteiger charge is -2.11. The molecule has 3 heterocycles. The van der Waals surface area contributed by atoms with Crippen LogP contribution in [0.4, 0.5) is 5.82 Å². The van der Waals surface area contributed by atoms with Gasteiger partial charge in [0.25, 0.3) is 0 Å². The molecule has 0 aliphatic carbocycles. The number of hydrogen-bond acceptors (Lipinski definition) is 6. The second-order valence-electron chi connectivity index (χ2n) is 6.16. The van der Waals surface area contributed by atoms with Crippen molar-refractivity contribution in [2.24, 2.45) is 0 Å². The molecule has 0 amide bonds. The minimum absolute atomic E-state index is 0.0552. The lowest BCUT2D eigenvalue weighted by molar-refractivity contribution is 0.596. The average molecular weight is 359 g/mol. The molecule has 0 aliphatic rings. The van der Waals surface area contributed by atoms with Gasteiger partial charge in [-0.15, -0.1) is 0 Å². The monoisotopic (exact) mass is 359 g/mol. The minimum atomic E-state index is -3.32. The third-order valence-electron chi connectivity index (χ3n) is 4.29. The van der Waals surface area contributed by atoms with Crippen LogP contribution in [0.3, 0.4) is 0 Å². The van der Waals surface area contributed by atoms with Gasteiger partial charge in [-0.1, -0.05) is 6.92 Å². The summed E-state index contributed by atoms with van der Waals surface area (Å²) in [4.78, 5) is 18.6. The number of rotatable bonds is 4. The number of nitrogens with zero attached hydrogens (tertiary/aromatic N) is 4. The molecule has 132 valence electrons. The van der Waals surface area contributed by atoms with E-state index in [1.807, 2.05) is 32.0 Å². The maximum absolute atomic E-state index is 12.4. The molecule has 0 fully saturated rings. The van der Waals surface area contributed by atoms with Gasteiger partial charge in [0.05, 0.1) is 27.4 Å². The number of fused-ring (bicyclic) bond motifs is 1. The maximum atomic E-state index is 12.4. The molecule has 1 N–H and O–H groups in total. The Bertz CT molecular complexity index is 1050. The van der Waals surface area contributed by atoms with Crippen LogP contribution in [0.5, 0.6) is 0 Å². The molecule has 8 heteroatoms. The van der Waals surface area contributed by atoms with Crippen LogP contribution >= 0.6 is 0 Å². The normalized spacial score (nSPS) is 11.9. The molecular weight excluding hydrogens is 338 g/mol. The van der Waals surface area contributed by atoms with Crippen LogP contribution in [0.15, 0.2) is 23.4 Å². The van der Waals surface area contributed by atoms with Crippen LogP contribution in [0, 0.1) is 13.8 Å². The molecule has 0 atom stereocenters. The second-order valence-corrected chi connectivity index (χ2v) is 8.40. The van der Waals surface area contributed by atoms with Crippen LogP contribution in [-0.2, 0) is 9.84 Å². The van der Waals surface area contributed by atoms with Crippen molar-refractivity contribution in [2.75, 3.05) is 24.7 Å². The summed E-state index contributed by atoms with van der Waals surface area (Å²) in [7, 11) is 0.499. The highest BCUT2D eigenvalue weighted by Gasteiger charge is 2.20. The Morgan fingerprint density at radius 2 is 1.88 bits per heavy atom. The van der Waals surface area contributed by atoms with E-state index in [1.165, 1.54) is 6.33 Å². The molecular formula is C17H21N5O2S. The summed E-state index contributed by atoms with van der Waals surface area (Å²) in [5.41, 5.74) is 3.37. The molecule has 0 spiro atoms. The molecule has 3 aromatic heterocycles. The zero-order valence-corrected chi connectivity index (χ0v) is 15.8. The molecule has 0 aliphatic heterocycles. The van der Waals surface area contributed by atoms with Crippen molar-refractivity contribution in [1.82, 2.24) is 19.9 Å². The van der Waals surface area contributed by atoms with Crippen LogP contribution in [-0.4, -0.2) is 48.2 Å². The van der Waals surface area contributed by atoms with Gasteiger partial charge in [-0.25, -0.2) is 18.4 Å². The zero-order valence-electron chi connectivity index (χ0n) is 15.0. The Morgan fingerprint density at radius 1 is 1.16 bits per heavy atom. The second kappa shape index (κ2) is 6.11. The number of H-pyrrole nitrogens is 1. The van der Waals surface area contributed by atoms with E-state index in [2.05, 4.69) is 19.9 Å². The fraction of sp³-hybridized carbons (Fsp3) is 0.353. The summed E-state index contributed by atoms with van der Waals surface area (Å²) in [5, 5.41) is 0.863. The standard InChI is InChI=1S/C17H21N5O2S/c1-6-25(23,24)15-8-14(20-11(3)10(15)2)13-7-12-16(21-13)18-9-19-17(12)22(4)5/h7-9H,6H2,1-5H3,(H,18,19,21). The Labute approximate surface area is 147 Å². The fourth-order valence-electron chi connectivity index (χ4n) is 2.75. The molecule has 3 aromatic rings. The van der Waals surface area contributed by atoms with Crippen molar-refractivity contribution >= 4 is 26.7 Å². The van der Waals surface area contributed by atoms with E-state index in [-0.39, 0.29) is 5.75 Å². The quantitative estimate of drug-likeness (QED) is 0.769. The van der Waals surface area contributed by atoms with Gasteiger partial charge in [-0.05, 0) is 31.5 Å². The maximum Gasteiger partial charge on any atom is 0.178 e. The molecule has 0 aromatic carbocycles. The summed E-state index contributed by atoms with van der Waals surface area (Å²) in [6, 6.07) is 3.54. The van der Waals surface area contributed by atoms with Gasteiger partial charge in [-0.2, -0.15) is 0 Å². The van der Waals surface area contributed by atoms with Gasteiger partial charge in [0, 0.05) is 19.8 Å². The number of aromatic nitrogens is 4. The van der Waals surface area contributed by atoms with Gasteiger partial charge in [0.2, 0.25) is 0 Å². The summed E-state index contributed by atoms with van der Waals surface area (Å²) < 4.78 is 24.8. The topological polar surface area (TPSA) is 91.8 Å². The molecule has 25 heavy (non-hydrogen) atoms. The highest BCUT2D eigenvalue weighted by molar-refractivity contribution is 7.91. The molecule has 0 saturated carbocycles. The van der Waals surface area contributed by atoms with E-state index in [1.54, 1.807) is 19.9 Å². The van der Waals surface area contributed by atoms with E-state index in [4.69, 9.17) is 0 Å². The third-order valence-corrected chi connectivity index (χ3v) is 6.14. The first-order valence-corrected chi connectivity index (χ1v) is 9.62. The summed E-state index contributed by atoms with van der Waals surface area (Å²) in [6.45, 7) is 5.25. The number of aryl methyl sites for hydroxylation is 1. The van der Waals surface area contributed by atoms with Crippen molar-refractivity contribution < 1.29 is 8.42 Å². The third kappa shape index (κ3) is 2.97. The van der Waals surface area contributed by atoms with E-state index in [0.717, 1.165) is 11.2 Å². The molecule has 3 rings (SSSR count). The SMILES string of the molecule is CCS(=O)(=O)c1cc(-c2cc3c(N(C)C)ncnc3[nH]2)nc(C)c1C. The summed E-state index contributed by atoms with van der Waals surface area (Å²) in [5.74, 6) is 0.845. The van der Waals surface area contributed by atoms with E-state index in [0.29, 0.717) is 33.2 Å². The first-order chi connectivity index (χ1) is 11.7. The highest BCUT2D eigenvalue weighted by Crippen LogP contribution is 2.30. The lowest BCUT2D eigenvalue weighted by Crippen LogP contribution is -2.10. The number of pyridine rings is 1. The van der Waals surface area contributed by atoms with Crippen molar-refractivity contribution in [3.8, 4) is 11.4 Å². The Morgan fingerprint density at radius 3 is 2.52 bits per heavy atom. The highest BCUT2D eigenvalue weighted by atomic mass is 32.2.